The lowest BCUT2D eigenvalue weighted by Crippen LogP contribution is -2.54. The molecule has 0 atom stereocenters. The SMILES string of the molecule is CC(C)OC1CN(S(C)(=O)=O)C1. The Labute approximate surface area is 73.6 Å². The highest BCUT2D eigenvalue weighted by Gasteiger charge is 2.34. The molecule has 1 rings (SSSR count). The van der Waals surface area contributed by atoms with E-state index < -0.39 is 10.0 Å². The van der Waals surface area contributed by atoms with Gasteiger partial charge >= 0.3 is 0 Å². The van der Waals surface area contributed by atoms with Crippen molar-refractivity contribution in [2.75, 3.05) is 19.3 Å². The highest BCUT2D eigenvalue weighted by molar-refractivity contribution is 7.88. The van der Waals surface area contributed by atoms with Crippen molar-refractivity contribution >= 4 is 10.0 Å². The maximum atomic E-state index is 10.9. The molecule has 1 saturated heterocycles. The fourth-order valence-electron chi connectivity index (χ4n) is 1.14. The second kappa shape index (κ2) is 3.32. The van der Waals surface area contributed by atoms with Crippen LogP contribution in [0.25, 0.3) is 0 Å². The smallest absolute Gasteiger partial charge is 0.211 e. The Hall–Kier alpha value is -0.130. The van der Waals surface area contributed by atoms with Gasteiger partial charge in [-0.25, -0.2) is 8.42 Å². The average Bonchev–Trinajstić information content (AvgIpc) is 1.73. The maximum absolute atomic E-state index is 10.9. The molecule has 1 aliphatic heterocycles. The lowest BCUT2D eigenvalue weighted by molar-refractivity contribution is -0.0517. The summed E-state index contributed by atoms with van der Waals surface area (Å²) in [5, 5.41) is 0. The third-order valence-corrected chi connectivity index (χ3v) is 2.98. The van der Waals surface area contributed by atoms with Gasteiger partial charge in [-0.15, -0.1) is 0 Å². The molecular weight excluding hydrogens is 178 g/mol. The second-order valence-electron chi connectivity index (χ2n) is 3.39. The molecular formula is C7H15NO3S. The Kier molecular flexibility index (Phi) is 2.75. The summed E-state index contributed by atoms with van der Waals surface area (Å²) in [6.45, 7) is 4.92. The van der Waals surface area contributed by atoms with Crippen molar-refractivity contribution in [1.29, 1.82) is 0 Å². The van der Waals surface area contributed by atoms with Crippen LogP contribution in [0.1, 0.15) is 13.8 Å². The van der Waals surface area contributed by atoms with Crippen LogP contribution in [0.4, 0.5) is 0 Å². The summed E-state index contributed by atoms with van der Waals surface area (Å²) in [6.07, 6.45) is 1.50. The van der Waals surface area contributed by atoms with E-state index >= 15 is 0 Å². The van der Waals surface area contributed by atoms with E-state index in [1.54, 1.807) is 0 Å². The first-order valence-electron chi connectivity index (χ1n) is 4.00. The fourth-order valence-corrected chi connectivity index (χ4v) is 2.02. The topological polar surface area (TPSA) is 46.6 Å². The molecule has 0 aromatic heterocycles. The molecule has 0 aromatic rings. The molecule has 4 nitrogen and oxygen atoms in total. The molecule has 72 valence electrons. The van der Waals surface area contributed by atoms with E-state index in [4.69, 9.17) is 4.74 Å². The molecule has 0 spiro atoms. The van der Waals surface area contributed by atoms with E-state index in [9.17, 15) is 8.42 Å². The van der Waals surface area contributed by atoms with Crippen LogP contribution in [0.15, 0.2) is 0 Å². The van der Waals surface area contributed by atoms with Crippen molar-refractivity contribution in [3.63, 3.8) is 0 Å². The standard InChI is InChI=1S/C7H15NO3S/c1-6(2)11-7-4-8(5-7)12(3,9)10/h6-7H,4-5H2,1-3H3. The molecule has 12 heavy (non-hydrogen) atoms. The van der Waals surface area contributed by atoms with Gasteiger partial charge in [-0.05, 0) is 13.8 Å². The van der Waals surface area contributed by atoms with Crippen LogP contribution in [-0.2, 0) is 14.8 Å². The summed E-state index contributed by atoms with van der Waals surface area (Å²) in [4.78, 5) is 0. The Morgan fingerprint density at radius 1 is 1.42 bits per heavy atom. The third-order valence-electron chi connectivity index (χ3n) is 1.75. The highest BCUT2D eigenvalue weighted by Crippen LogP contribution is 2.16. The summed E-state index contributed by atoms with van der Waals surface area (Å²) < 4.78 is 28.7. The Bertz CT molecular complexity index is 241. The van der Waals surface area contributed by atoms with Crippen molar-refractivity contribution in [1.82, 2.24) is 4.31 Å². The van der Waals surface area contributed by atoms with Gasteiger partial charge in [-0.3, -0.25) is 0 Å². The number of hydrogen-bond donors (Lipinski definition) is 0. The van der Waals surface area contributed by atoms with Crippen LogP contribution < -0.4 is 0 Å². The lowest BCUT2D eigenvalue weighted by atomic mass is 10.2. The fraction of sp³-hybridized carbons (Fsp3) is 1.00. The quantitative estimate of drug-likeness (QED) is 0.636. The molecule has 0 aliphatic carbocycles. The van der Waals surface area contributed by atoms with Crippen LogP contribution in [-0.4, -0.2) is 44.3 Å². The summed E-state index contributed by atoms with van der Waals surface area (Å²) in [5.74, 6) is 0. The van der Waals surface area contributed by atoms with Crippen molar-refractivity contribution in [2.45, 2.75) is 26.1 Å². The lowest BCUT2D eigenvalue weighted by Gasteiger charge is -2.37. The van der Waals surface area contributed by atoms with Gasteiger partial charge in [0.1, 0.15) is 0 Å². The normalized spacial score (nSPS) is 21.3. The zero-order valence-corrected chi connectivity index (χ0v) is 8.47. The maximum Gasteiger partial charge on any atom is 0.211 e. The van der Waals surface area contributed by atoms with Gasteiger partial charge in [0.25, 0.3) is 0 Å². The van der Waals surface area contributed by atoms with Gasteiger partial charge in [0.15, 0.2) is 0 Å². The van der Waals surface area contributed by atoms with Gasteiger partial charge in [0.2, 0.25) is 10.0 Å². The molecule has 1 fully saturated rings. The number of hydrogen-bond acceptors (Lipinski definition) is 3. The van der Waals surface area contributed by atoms with E-state index in [1.165, 1.54) is 10.6 Å². The number of rotatable bonds is 3. The highest BCUT2D eigenvalue weighted by atomic mass is 32.2. The van der Waals surface area contributed by atoms with Gasteiger partial charge in [-0.1, -0.05) is 0 Å². The molecule has 0 unspecified atom stereocenters. The van der Waals surface area contributed by atoms with Gasteiger partial charge in [0, 0.05) is 13.1 Å². The Morgan fingerprint density at radius 3 is 2.25 bits per heavy atom. The summed E-state index contributed by atoms with van der Waals surface area (Å²) >= 11 is 0. The molecule has 1 heterocycles. The first-order chi connectivity index (χ1) is 5.39. The predicted octanol–water partition coefficient (Wildman–Crippen LogP) is 0.0552. The van der Waals surface area contributed by atoms with Gasteiger partial charge in [-0.2, -0.15) is 4.31 Å². The van der Waals surface area contributed by atoms with Crippen LogP contribution in [0.3, 0.4) is 0 Å². The molecule has 0 bridgehead atoms. The minimum Gasteiger partial charge on any atom is -0.373 e. The summed E-state index contributed by atoms with van der Waals surface area (Å²) in [6, 6.07) is 0. The molecule has 0 amide bonds. The minimum absolute atomic E-state index is 0.0970. The van der Waals surface area contributed by atoms with Crippen molar-refractivity contribution in [2.24, 2.45) is 0 Å². The monoisotopic (exact) mass is 193 g/mol. The second-order valence-corrected chi connectivity index (χ2v) is 5.37. The van der Waals surface area contributed by atoms with E-state index in [-0.39, 0.29) is 12.2 Å². The molecule has 5 heteroatoms. The first kappa shape index (κ1) is 9.95. The summed E-state index contributed by atoms with van der Waals surface area (Å²) in [5.41, 5.74) is 0. The molecule has 0 saturated carbocycles. The number of nitrogens with zero attached hydrogens (tertiary/aromatic N) is 1. The molecule has 0 radical (unpaired) electrons. The van der Waals surface area contributed by atoms with Crippen molar-refractivity contribution < 1.29 is 13.2 Å². The van der Waals surface area contributed by atoms with E-state index in [1.807, 2.05) is 13.8 Å². The third kappa shape index (κ3) is 2.43. The number of ether oxygens (including phenoxy) is 1. The molecule has 1 aliphatic rings. The zero-order chi connectivity index (χ0) is 9.35. The Morgan fingerprint density at radius 2 is 1.92 bits per heavy atom. The Balaban J connectivity index is 2.30. The van der Waals surface area contributed by atoms with Crippen molar-refractivity contribution in [3.8, 4) is 0 Å². The van der Waals surface area contributed by atoms with Crippen LogP contribution >= 0.6 is 0 Å². The van der Waals surface area contributed by atoms with Crippen LogP contribution in [0.5, 0.6) is 0 Å². The first-order valence-corrected chi connectivity index (χ1v) is 5.85. The number of sulfonamides is 1. The van der Waals surface area contributed by atoms with Crippen molar-refractivity contribution in [3.05, 3.63) is 0 Å². The summed E-state index contributed by atoms with van der Waals surface area (Å²) in [7, 11) is -2.98. The van der Waals surface area contributed by atoms with Crippen LogP contribution in [0, 0.1) is 0 Å². The molecule has 0 aromatic carbocycles. The minimum atomic E-state index is -2.98. The average molecular weight is 193 g/mol. The largest absolute Gasteiger partial charge is 0.373 e. The predicted molar refractivity (Wildman–Crippen MR) is 46.4 cm³/mol. The molecule has 0 N–H and O–H groups in total. The van der Waals surface area contributed by atoms with E-state index in [2.05, 4.69) is 0 Å². The van der Waals surface area contributed by atoms with E-state index in [0.29, 0.717) is 13.1 Å². The van der Waals surface area contributed by atoms with Gasteiger partial charge in [0.05, 0.1) is 18.5 Å². The van der Waals surface area contributed by atoms with Crippen LogP contribution in [0.2, 0.25) is 0 Å². The van der Waals surface area contributed by atoms with Gasteiger partial charge < -0.3 is 4.74 Å². The van der Waals surface area contributed by atoms with E-state index in [0.717, 1.165) is 0 Å². The zero-order valence-electron chi connectivity index (χ0n) is 7.65.